The van der Waals surface area contributed by atoms with Crippen molar-refractivity contribution in [1.29, 1.82) is 0 Å². The molecule has 2 N–H and O–H groups in total. The molecule has 0 aromatic rings. The van der Waals surface area contributed by atoms with Crippen LogP contribution in [0.15, 0.2) is 0 Å². The molecule has 0 heterocycles. The molecular formula is C8H15NO4S. The van der Waals surface area contributed by atoms with E-state index in [0.29, 0.717) is 19.3 Å². The maximum Gasteiger partial charge on any atom is 0.306 e. The van der Waals surface area contributed by atoms with Crippen LogP contribution in [0.25, 0.3) is 0 Å². The van der Waals surface area contributed by atoms with Crippen molar-refractivity contribution in [2.24, 2.45) is 5.92 Å². The summed E-state index contributed by atoms with van der Waals surface area (Å²) in [6, 6.07) is -0.193. The van der Waals surface area contributed by atoms with E-state index in [1.54, 1.807) is 6.92 Å². The molecule has 0 aliphatic heterocycles. The SMILES string of the molecule is CCS(=O)(=O)N[C@H]1CC[C@@H](C(=O)O)C1. The number of carboxylic acids is 1. The highest BCUT2D eigenvalue weighted by Crippen LogP contribution is 2.25. The van der Waals surface area contributed by atoms with Gasteiger partial charge in [-0.25, -0.2) is 13.1 Å². The van der Waals surface area contributed by atoms with E-state index in [1.807, 2.05) is 0 Å². The lowest BCUT2D eigenvalue weighted by Crippen LogP contribution is -2.34. The van der Waals surface area contributed by atoms with Crippen molar-refractivity contribution in [3.8, 4) is 0 Å². The van der Waals surface area contributed by atoms with Crippen molar-refractivity contribution in [3.63, 3.8) is 0 Å². The molecule has 0 spiro atoms. The largest absolute Gasteiger partial charge is 0.481 e. The highest BCUT2D eigenvalue weighted by atomic mass is 32.2. The van der Waals surface area contributed by atoms with Crippen molar-refractivity contribution in [3.05, 3.63) is 0 Å². The van der Waals surface area contributed by atoms with Crippen LogP contribution in [0.4, 0.5) is 0 Å². The van der Waals surface area contributed by atoms with E-state index in [0.717, 1.165) is 0 Å². The van der Waals surface area contributed by atoms with Crippen LogP contribution in [0.2, 0.25) is 0 Å². The minimum absolute atomic E-state index is 0.0429. The van der Waals surface area contributed by atoms with Crippen LogP contribution in [0.5, 0.6) is 0 Å². The lowest BCUT2D eigenvalue weighted by atomic mass is 10.1. The Morgan fingerprint density at radius 2 is 2.14 bits per heavy atom. The smallest absolute Gasteiger partial charge is 0.306 e. The maximum atomic E-state index is 11.2. The fraction of sp³-hybridized carbons (Fsp3) is 0.875. The fourth-order valence-electron chi connectivity index (χ4n) is 1.65. The number of aliphatic carboxylic acids is 1. The summed E-state index contributed by atoms with van der Waals surface area (Å²) >= 11 is 0. The quantitative estimate of drug-likeness (QED) is 0.709. The zero-order valence-electron chi connectivity index (χ0n) is 8.06. The molecule has 5 nitrogen and oxygen atoms in total. The molecule has 0 amide bonds. The third-order valence-electron chi connectivity index (χ3n) is 2.51. The predicted molar refractivity (Wildman–Crippen MR) is 51.4 cm³/mol. The van der Waals surface area contributed by atoms with Crippen LogP contribution in [-0.4, -0.2) is 31.3 Å². The number of carbonyl (C=O) groups is 1. The Hall–Kier alpha value is -0.620. The fourth-order valence-corrected chi connectivity index (χ4v) is 2.54. The molecule has 2 atom stereocenters. The molecule has 1 rings (SSSR count). The van der Waals surface area contributed by atoms with Gasteiger partial charge in [-0.2, -0.15) is 0 Å². The molecule has 0 aromatic heterocycles. The molecule has 82 valence electrons. The normalized spacial score (nSPS) is 27.8. The molecule has 14 heavy (non-hydrogen) atoms. The van der Waals surface area contributed by atoms with Crippen LogP contribution >= 0.6 is 0 Å². The second-order valence-electron chi connectivity index (χ2n) is 3.57. The van der Waals surface area contributed by atoms with Crippen LogP contribution in [0, 0.1) is 5.92 Å². The zero-order valence-corrected chi connectivity index (χ0v) is 8.88. The number of carboxylic acid groups (broad SMARTS) is 1. The van der Waals surface area contributed by atoms with Gasteiger partial charge in [-0.1, -0.05) is 0 Å². The van der Waals surface area contributed by atoms with Crippen molar-refractivity contribution in [2.45, 2.75) is 32.2 Å². The highest BCUT2D eigenvalue weighted by Gasteiger charge is 2.31. The Kier molecular flexibility index (Phi) is 3.49. The second-order valence-corrected chi connectivity index (χ2v) is 5.61. The highest BCUT2D eigenvalue weighted by molar-refractivity contribution is 7.89. The molecule has 1 aliphatic carbocycles. The van der Waals surface area contributed by atoms with Crippen LogP contribution in [-0.2, 0) is 14.8 Å². The molecule has 1 aliphatic rings. The van der Waals surface area contributed by atoms with Gasteiger partial charge in [0.2, 0.25) is 10.0 Å². The first kappa shape index (κ1) is 11.5. The van der Waals surface area contributed by atoms with E-state index >= 15 is 0 Å². The first-order chi connectivity index (χ1) is 6.44. The molecule has 1 saturated carbocycles. The van der Waals surface area contributed by atoms with E-state index in [2.05, 4.69) is 4.72 Å². The predicted octanol–water partition coefficient (Wildman–Crippen LogP) is 0.179. The molecule has 0 aromatic carbocycles. The van der Waals surface area contributed by atoms with Crippen molar-refractivity contribution < 1.29 is 18.3 Å². The zero-order chi connectivity index (χ0) is 10.8. The summed E-state index contributed by atoms with van der Waals surface area (Å²) in [4.78, 5) is 10.6. The number of rotatable bonds is 4. The number of sulfonamides is 1. The second kappa shape index (κ2) is 4.27. The molecule has 0 radical (unpaired) electrons. The molecule has 0 bridgehead atoms. The van der Waals surface area contributed by atoms with Gasteiger partial charge in [0.25, 0.3) is 0 Å². The summed E-state index contributed by atoms with van der Waals surface area (Å²) < 4.78 is 24.8. The van der Waals surface area contributed by atoms with E-state index in [9.17, 15) is 13.2 Å². The van der Waals surface area contributed by atoms with Gasteiger partial charge >= 0.3 is 5.97 Å². The Balaban J connectivity index is 2.48. The summed E-state index contributed by atoms with van der Waals surface area (Å²) in [6.45, 7) is 1.56. The monoisotopic (exact) mass is 221 g/mol. The number of nitrogens with one attached hydrogen (secondary N) is 1. The van der Waals surface area contributed by atoms with Crippen molar-refractivity contribution in [2.75, 3.05) is 5.75 Å². The lowest BCUT2D eigenvalue weighted by molar-refractivity contribution is -0.141. The van der Waals surface area contributed by atoms with Gasteiger partial charge in [0.1, 0.15) is 0 Å². The topological polar surface area (TPSA) is 83.5 Å². The molecule has 1 fully saturated rings. The molecule has 6 heteroatoms. The molecule has 0 unspecified atom stereocenters. The first-order valence-electron chi connectivity index (χ1n) is 4.67. The van der Waals surface area contributed by atoms with E-state index in [-0.39, 0.29) is 17.7 Å². The summed E-state index contributed by atoms with van der Waals surface area (Å²) in [5.41, 5.74) is 0. The summed E-state index contributed by atoms with van der Waals surface area (Å²) in [5, 5.41) is 8.71. The van der Waals surface area contributed by atoms with Gasteiger partial charge in [-0.05, 0) is 26.2 Å². The average Bonchev–Trinajstić information content (AvgIpc) is 2.52. The van der Waals surface area contributed by atoms with E-state index < -0.39 is 16.0 Å². The number of hydrogen-bond acceptors (Lipinski definition) is 3. The Morgan fingerprint density at radius 1 is 1.50 bits per heavy atom. The van der Waals surface area contributed by atoms with Crippen molar-refractivity contribution in [1.82, 2.24) is 4.72 Å². The van der Waals surface area contributed by atoms with E-state index in [4.69, 9.17) is 5.11 Å². The third kappa shape index (κ3) is 2.95. The summed E-state index contributed by atoms with van der Waals surface area (Å²) in [5.74, 6) is -1.18. The van der Waals surface area contributed by atoms with Crippen LogP contribution in [0.1, 0.15) is 26.2 Å². The van der Waals surface area contributed by atoms with Crippen LogP contribution < -0.4 is 4.72 Å². The number of hydrogen-bond donors (Lipinski definition) is 2. The minimum Gasteiger partial charge on any atom is -0.481 e. The lowest BCUT2D eigenvalue weighted by Gasteiger charge is -2.11. The average molecular weight is 221 g/mol. The standard InChI is InChI=1S/C8H15NO4S/c1-2-14(12,13)9-7-4-3-6(5-7)8(10)11/h6-7,9H,2-5H2,1H3,(H,10,11)/t6-,7+/m1/s1. The van der Waals surface area contributed by atoms with E-state index in [1.165, 1.54) is 0 Å². The van der Waals surface area contributed by atoms with Gasteiger partial charge in [0.05, 0.1) is 11.7 Å². The third-order valence-corrected chi connectivity index (χ3v) is 3.96. The Labute approximate surface area is 83.6 Å². The van der Waals surface area contributed by atoms with Gasteiger partial charge in [-0.3, -0.25) is 4.79 Å². The van der Waals surface area contributed by atoms with Gasteiger partial charge in [-0.15, -0.1) is 0 Å². The van der Waals surface area contributed by atoms with Gasteiger partial charge in [0.15, 0.2) is 0 Å². The summed E-state index contributed by atoms with van der Waals surface area (Å²) in [7, 11) is -3.19. The van der Waals surface area contributed by atoms with Gasteiger partial charge < -0.3 is 5.11 Å². The van der Waals surface area contributed by atoms with Crippen molar-refractivity contribution >= 4 is 16.0 Å². The van der Waals surface area contributed by atoms with Crippen LogP contribution in [0.3, 0.4) is 0 Å². The molecule has 0 saturated heterocycles. The molecular weight excluding hydrogens is 206 g/mol. The first-order valence-corrected chi connectivity index (χ1v) is 6.32. The Bertz CT molecular complexity index is 311. The Morgan fingerprint density at radius 3 is 2.57 bits per heavy atom. The van der Waals surface area contributed by atoms with Gasteiger partial charge in [0, 0.05) is 6.04 Å². The summed E-state index contributed by atoms with van der Waals surface area (Å²) in [6.07, 6.45) is 1.59. The minimum atomic E-state index is -3.19. The maximum absolute atomic E-state index is 11.2.